The summed E-state index contributed by atoms with van der Waals surface area (Å²) in [5.74, 6) is 0.972. The minimum absolute atomic E-state index is 0.0374. The van der Waals surface area contributed by atoms with Gasteiger partial charge in [0.2, 0.25) is 0 Å². The van der Waals surface area contributed by atoms with Gasteiger partial charge < -0.3 is 5.32 Å². The summed E-state index contributed by atoms with van der Waals surface area (Å²) in [5, 5.41) is 12.3. The second-order valence-electron chi connectivity index (χ2n) is 5.01. The summed E-state index contributed by atoms with van der Waals surface area (Å²) in [6.45, 7) is 2.05. The molecule has 0 saturated heterocycles. The Kier molecular flexibility index (Phi) is 3.08. The monoisotopic (exact) mass is 192 g/mol. The van der Waals surface area contributed by atoms with Crippen molar-refractivity contribution in [2.45, 2.75) is 44.9 Å². The molecule has 2 nitrogen and oxygen atoms in total. The molecular formula is C12H20N2. The molecule has 78 valence electrons. The van der Waals surface area contributed by atoms with Gasteiger partial charge in [-0.2, -0.15) is 5.26 Å². The highest BCUT2D eigenvalue weighted by Crippen LogP contribution is 2.44. The van der Waals surface area contributed by atoms with Crippen LogP contribution in [0.25, 0.3) is 0 Å². The van der Waals surface area contributed by atoms with Gasteiger partial charge in [-0.1, -0.05) is 25.7 Å². The van der Waals surface area contributed by atoms with Gasteiger partial charge in [0.25, 0.3) is 0 Å². The number of rotatable bonds is 5. The number of hydrogen-bond acceptors (Lipinski definition) is 2. The first-order valence-electron chi connectivity index (χ1n) is 5.97. The number of nitrogens with zero attached hydrogens (tertiary/aromatic N) is 1. The van der Waals surface area contributed by atoms with Crippen molar-refractivity contribution in [2.75, 3.05) is 13.1 Å². The van der Waals surface area contributed by atoms with Crippen LogP contribution in [0.4, 0.5) is 0 Å². The summed E-state index contributed by atoms with van der Waals surface area (Å²) < 4.78 is 0. The van der Waals surface area contributed by atoms with Crippen molar-refractivity contribution >= 4 is 0 Å². The van der Waals surface area contributed by atoms with E-state index in [2.05, 4.69) is 11.4 Å². The molecular weight excluding hydrogens is 172 g/mol. The van der Waals surface area contributed by atoms with Crippen molar-refractivity contribution in [1.29, 1.82) is 5.26 Å². The Labute approximate surface area is 86.7 Å². The Morgan fingerprint density at radius 3 is 2.57 bits per heavy atom. The smallest absolute Gasteiger partial charge is 0.0703 e. The van der Waals surface area contributed by atoms with Crippen LogP contribution in [0.15, 0.2) is 0 Å². The maximum Gasteiger partial charge on any atom is 0.0703 e. The van der Waals surface area contributed by atoms with E-state index in [1.165, 1.54) is 32.1 Å². The van der Waals surface area contributed by atoms with Crippen LogP contribution >= 0.6 is 0 Å². The molecule has 0 unspecified atom stereocenters. The van der Waals surface area contributed by atoms with Crippen LogP contribution in [0.2, 0.25) is 0 Å². The SMILES string of the molecule is N#CC1(CNCCC2CCCC2)CC1. The Bertz CT molecular complexity index is 219. The van der Waals surface area contributed by atoms with Crippen molar-refractivity contribution in [3.8, 4) is 6.07 Å². The standard InChI is InChI=1S/C12H20N2/c13-9-12(6-7-12)10-14-8-5-11-3-1-2-4-11/h11,14H,1-8,10H2. The fourth-order valence-corrected chi connectivity index (χ4v) is 2.41. The van der Waals surface area contributed by atoms with Crippen LogP contribution in [0.5, 0.6) is 0 Å². The van der Waals surface area contributed by atoms with Crippen LogP contribution in [-0.4, -0.2) is 13.1 Å². The van der Waals surface area contributed by atoms with Crippen molar-refractivity contribution < 1.29 is 0 Å². The predicted octanol–water partition coefficient (Wildman–Crippen LogP) is 2.46. The van der Waals surface area contributed by atoms with E-state index in [4.69, 9.17) is 5.26 Å². The number of hydrogen-bond donors (Lipinski definition) is 1. The predicted molar refractivity (Wildman–Crippen MR) is 56.7 cm³/mol. The summed E-state index contributed by atoms with van der Waals surface area (Å²) >= 11 is 0. The maximum atomic E-state index is 8.88. The van der Waals surface area contributed by atoms with Crippen LogP contribution in [0.1, 0.15) is 44.9 Å². The minimum atomic E-state index is 0.0374. The lowest BCUT2D eigenvalue weighted by Crippen LogP contribution is -2.25. The molecule has 0 aromatic carbocycles. The topological polar surface area (TPSA) is 35.8 Å². The van der Waals surface area contributed by atoms with Crippen LogP contribution in [0, 0.1) is 22.7 Å². The summed E-state index contributed by atoms with van der Waals surface area (Å²) in [7, 11) is 0. The van der Waals surface area contributed by atoms with Gasteiger partial charge in [0.15, 0.2) is 0 Å². The second kappa shape index (κ2) is 4.31. The molecule has 2 aliphatic carbocycles. The molecule has 0 aliphatic heterocycles. The van der Waals surface area contributed by atoms with E-state index >= 15 is 0 Å². The van der Waals surface area contributed by atoms with E-state index in [1.54, 1.807) is 0 Å². The Morgan fingerprint density at radius 1 is 1.29 bits per heavy atom. The van der Waals surface area contributed by atoms with Crippen LogP contribution < -0.4 is 5.32 Å². The Balaban J connectivity index is 1.53. The zero-order valence-electron chi connectivity index (χ0n) is 8.89. The zero-order valence-corrected chi connectivity index (χ0v) is 8.89. The average molecular weight is 192 g/mol. The molecule has 2 aliphatic rings. The molecule has 1 N–H and O–H groups in total. The van der Waals surface area contributed by atoms with Gasteiger partial charge in [0, 0.05) is 6.54 Å². The van der Waals surface area contributed by atoms with Crippen molar-refractivity contribution in [3.63, 3.8) is 0 Å². The second-order valence-corrected chi connectivity index (χ2v) is 5.01. The molecule has 2 rings (SSSR count). The quantitative estimate of drug-likeness (QED) is 0.679. The van der Waals surface area contributed by atoms with E-state index in [0.29, 0.717) is 0 Å². The minimum Gasteiger partial charge on any atom is -0.315 e. The van der Waals surface area contributed by atoms with Crippen molar-refractivity contribution in [3.05, 3.63) is 0 Å². The molecule has 0 aromatic rings. The van der Waals surface area contributed by atoms with E-state index in [1.807, 2.05) is 0 Å². The molecule has 0 radical (unpaired) electrons. The molecule has 2 saturated carbocycles. The number of nitrogens with one attached hydrogen (secondary N) is 1. The van der Waals surface area contributed by atoms with Crippen LogP contribution in [-0.2, 0) is 0 Å². The van der Waals surface area contributed by atoms with Gasteiger partial charge in [0.1, 0.15) is 0 Å². The van der Waals surface area contributed by atoms with Gasteiger partial charge in [-0.25, -0.2) is 0 Å². The van der Waals surface area contributed by atoms with E-state index < -0.39 is 0 Å². The first-order chi connectivity index (χ1) is 6.85. The molecule has 0 spiro atoms. The van der Waals surface area contributed by atoms with Gasteiger partial charge in [-0.3, -0.25) is 0 Å². The average Bonchev–Trinajstić information content (AvgIpc) is 2.81. The van der Waals surface area contributed by atoms with Crippen LogP contribution in [0.3, 0.4) is 0 Å². The Hall–Kier alpha value is -0.550. The van der Waals surface area contributed by atoms with Gasteiger partial charge in [-0.15, -0.1) is 0 Å². The fraction of sp³-hybridized carbons (Fsp3) is 0.917. The first kappa shape index (κ1) is 9.98. The normalized spacial score (nSPS) is 24.8. The summed E-state index contributed by atoms with van der Waals surface area (Å²) in [6.07, 6.45) is 9.29. The molecule has 0 amide bonds. The highest BCUT2D eigenvalue weighted by atomic mass is 14.9. The summed E-state index contributed by atoms with van der Waals surface area (Å²) in [4.78, 5) is 0. The molecule has 0 aromatic heterocycles. The lowest BCUT2D eigenvalue weighted by Gasteiger charge is -2.11. The van der Waals surface area contributed by atoms with E-state index in [0.717, 1.165) is 31.8 Å². The zero-order chi connectivity index (χ0) is 9.86. The van der Waals surface area contributed by atoms with E-state index in [-0.39, 0.29) is 5.41 Å². The summed E-state index contributed by atoms with van der Waals surface area (Å²) in [6, 6.07) is 2.42. The Morgan fingerprint density at radius 2 is 2.00 bits per heavy atom. The fourth-order valence-electron chi connectivity index (χ4n) is 2.41. The van der Waals surface area contributed by atoms with E-state index in [9.17, 15) is 0 Å². The first-order valence-corrected chi connectivity index (χ1v) is 5.97. The molecule has 2 heteroatoms. The molecule has 0 bridgehead atoms. The van der Waals surface area contributed by atoms with Crippen molar-refractivity contribution in [2.24, 2.45) is 11.3 Å². The third-order valence-electron chi connectivity index (χ3n) is 3.76. The highest BCUT2D eigenvalue weighted by molar-refractivity contribution is 5.10. The maximum absolute atomic E-state index is 8.88. The largest absolute Gasteiger partial charge is 0.315 e. The third-order valence-corrected chi connectivity index (χ3v) is 3.76. The van der Waals surface area contributed by atoms with Gasteiger partial charge in [0.05, 0.1) is 11.5 Å². The number of nitriles is 1. The highest BCUT2D eigenvalue weighted by Gasteiger charge is 2.42. The lowest BCUT2D eigenvalue weighted by molar-refractivity contribution is 0.459. The molecule has 14 heavy (non-hydrogen) atoms. The van der Waals surface area contributed by atoms with Gasteiger partial charge in [-0.05, 0) is 31.7 Å². The lowest BCUT2D eigenvalue weighted by atomic mass is 10.0. The van der Waals surface area contributed by atoms with Gasteiger partial charge >= 0.3 is 0 Å². The molecule has 0 atom stereocenters. The van der Waals surface area contributed by atoms with Crippen molar-refractivity contribution in [1.82, 2.24) is 5.32 Å². The summed E-state index contributed by atoms with van der Waals surface area (Å²) in [5.41, 5.74) is 0.0374. The third kappa shape index (κ3) is 2.48. The molecule has 0 heterocycles. The molecule has 2 fully saturated rings.